The Morgan fingerprint density at radius 3 is 2.62 bits per heavy atom. The molecule has 0 amide bonds. The van der Waals surface area contributed by atoms with Gasteiger partial charge in [0.2, 0.25) is 0 Å². The molecule has 4 nitrogen and oxygen atoms in total. The average Bonchev–Trinajstić information content (AvgIpc) is 2.76. The first-order valence-electron chi connectivity index (χ1n) is 6.19. The number of anilines is 1. The summed E-state index contributed by atoms with van der Waals surface area (Å²) in [6.07, 6.45) is 0. The Morgan fingerprint density at radius 2 is 2.00 bits per heavy atom. The quantitative estimate of drug-likeness (QED) is 0.689. The van der Waals surface area contributed by atoms with Gasteiger partial charge in [0.05, 0.1) is 7.57 Å². The maximum atomic E-state index is 12.4. The number of halogens is 2. The van der Waals surface area contributed by atoms with Gasteiger partial charge in [0.1, 0.15) is 4.90 Å². The van der Waals surface area contributed by atoms with Crippen molar-refractivity contribution in [1.29, 1.82) is 0 Å². The number of hydrogen-bond acceptors (Lipinski definition) is 4. The Kier molecular flexibility index (Phi) is 5.84. The molecule has 0 aliphatic rings. The first kappa shape index (κ1) is 17.0. The maximum absolute atomic E-state index is 12.4. The second kappa shape index (κ2) is 7.23. The molecule has 0 fully saturated rings. The Labute approximate surface area is 145 Å². The lowest BCUT2D eigenvalue weighted by atomic mass is 10.2. The highest BCUT2D eigenvalue weighted by molar-refractivity contribution is 9.12. The monoisotopic (exact) mass is 452 g/mol. The van der Waals surface area contributed by atoms with Crippen molar-refractivity contribution < 1.29 is 8.42 Å². The summed E-state index contributed by atoms with van der Waals surface area (Å²) in [4.78, 5) is 0.233. The van der Waals surface area contributed by atoms with E-state index in [2.05, 4.69) is 41.9 Å². The predicted molar refractivity (Wildman–Crippen MR) is 94.4 cm³/mol. The van der Waals surface area contributed by atoms with Crippen molar-refractivity contribution >= 4 is 58.9 Å². The Morgan fingerprint density at radius 1 is 1.24 bits per heavy atom. The fourth-order valence-electron chi connectivity index (χ4n) is 1.73. The lowest BCUT2D eigenvalue weighted by Gasteiger charge is -2.09. The zero-order chi connectivity index (χ0) is 15.5. The van der Waals surface area contributed by atoms with E-state index < -0.39 is 10.0 Å². The number of thiophene rings is 1. The van der Waals surface area contributed by atoms with Gasteiger partial charge >= 0.3 is 0 Å². The highest BCUT2D eigenvalue weighted by atomic mass is 79.9. The van der Waals surface area contributed by atoms with Crippen LogP contribution in [0.1, 0.15) is 12.5 Å². The van der Waals surface area contributed by atoms with Gasteiger partial charge in [-0.3, -0.25) is 4.72 Å². The predicted octanol–water partition coefficient (Wildman–Crippen LogP) is 4.18. The zero-order valence-corrected chi connectivity index (χ0v) is 16.0. The van der Waals surface area contributed by atoms with Gasteiger partial charge in [0, 0.05) is 12.2 Å². The molecule has 0 saturated carbocycles. The number of nitrogens with one attached hydrogen (secondary N) is 2. The van der Waals surface area contributed by atoms with Gasteiger partial charge in [0.25, 0.3) is 10.0 Å². The van der Waals surface area contributed by atoms with Crippen LogP contribution in [0.5, 0.6) is 0 Å². The molecule has 0 bridgehead atoms. The topological polar surface area (TPSA) is 58.2 Å². The molecule has 0 atom stereocenters. The fourth-order valence-corrected chi connectivity index (χ4v) is 6.60. The summed E-state index contributed by atoms with van der Waals surface area (Å²) in [6.45, 7) is 3.60. The Hall–Kier alpha value is -0.410. The maximum Gasteiger partial charge on any atom is 0.263 e. The zero-order valence-electron chi connectivity index (χ0n) is 11.2. The van der Waals surface area contributed by atoms with Crippen molar-refractivity contribution in [1.82, 2.24) is 5.32 Å². The summed E-state index contributed by atoms with van der Waals surface area (Å²) in [5.74, 6) is 0. The minimum absolute atomic E-state index is 0.233. The van der Waals surface area contributed by atoms with E-state index in [-0.39, 0.29) is 4.90 Å². The Balaban J connectivity index is 2.22. The van der Waals surface area contributed by atoms with Crippen molar-refractivity contribution in [2.24, 2.45) is 0 Å². The summed E-state index contributed by atoms with van der Waals surface area (Å²) in [6, 6.07) is 8.94. The standard InChI is InChI=1S/C13H14Br2N2O2S2/c1-2-16-8-9-4-3-5-10(6-9)17-21(18,19)11-7-12(14)20-13(11)15/h3-7,16-17H,2,8H2,1H3. The molecule has 0 radical (unpaired) electrons. The van der Waals surface area contributed by atoms with Gasteiger partial charge in [0.15, 0.2) is 0 Å². The van der Waals surface area contributed by atoms with E-state index in [4.69, 9.17) is 0 Å². The molecule has 2 N–H and O–H groups in total. The van der Waals surface area contributed by atoms with Crippen LogP contribution in [-0.2, 0) is 16.6 Å². The van der Waals surface area contributed by atoms with E-state index in [0.717, 1.165) is 15.9 Å². The second-order valence-electron chi connectivity index (χ2n) is 4.27. The van der Waals surface area contributed by atoms with Crippen LogP contribution in [0.2, 0.25) is 0 Å². The number of sulfonamides is 1. The molecule has 114 valence electrons. The van der Waals surface area contributed by atoms with Gasteiger partial charge < -0.3 is 5.32 Å². The lowest BCUT2D eigenvalue weighted by Crippen LogP contribution is -2.14. The van der Waals surface area contributed by atoms with Crippen molar-refractivity contribution in [3.63, 3.8) is 0 Å². The second-order valence-corrected chi connectivity index (χ2v) is 9.67. The van der Waals surface area contributed by atoms with Crippen LogP contribution in [0.4, 0.5) is 5.69 Å². The number of hydrogen-bond donors (Lipinski definition) is 2. The minimum atomic E-state index is -3.60. The minimum Gasteiger partial charge on any atom is -0.313 e. The van der Waals surface area contributed by atoms with Crippen LogP contribution in [0.25, 0.3) is 0 Å². The van der Waals surface area contributed by atoms with Crippen molar-refractivity contribution in [3.8, 4) is 0 Å². The molecule has 0 aliphatic carbocycles. The van der Waals surface area contributed by atoms with E-state index in [1.54, 1.807) is 12.1 Å². The molecule has 0 aliphatic heterocycles. The molecule has 1 heterocycles. The molecule has 21 heavy (non-hydrogen) atoms. The Bertz CT molecular complexity index is 730. The van der Waals surface area contributed by atoms with Crippen LogP contribution in [-0.4, -0.2) is 15.0 Å². The fraction of sp³-hybridized carbons (Fsp3) is 0.231. The summed E-state index contributed by atoms with van der Waals surface area (Å²) < 4.78 is 28.7. The highest BCUT2D eigenvalue weighted by Gasteiger charge is 2.20. The van der Waals surface area contributed by atoms with Crippen LogP contribution in [0.3, 0.4) is 0 Å². The van der Waals surface area contributed by atoms with Crippen molar-refractivity contribution in [3.05, 3.63) is 43.5 Å². The van der Waals surface area contributed by atoms with E-state index in [0.29, 0.717) is 16.0 Å². The molecule has 2 rings (SSSR count). The molecular formula is C13H14Br2N2O2S2. The van der Waals surface area contributed by atoms with Crippen LogP contribution < -0.4 is 10.0 Å². The first-order chi connectivity index (χ1) is 9.92. The molecule has 8 heteroatoms. The lowest BCUT2D eigenvalue weighted by molar-refractivity contribution is 0.601. The van der Waals surface area contributed by atoms with Crippen molar-refractivity contribution in [2.75, 3.05) is 11.3 Å². The molecule has 0 unspecified atom stereocenters. The van der Waals surface area contributed by atoms with Crippen LogP contribution in [0.15, 0.2) is 42.8 Å². The SMILES string of the molecule is CCNCc1cccc(NS(=O)(=O)c2cc(Br)sc2Br)c1. The van der Waals surface area contributed by atoms with E-state index in [9.17, 15) is 8.42 Å². The highest BCUT2D eigenvalue weighted by Crippen LogP contribution is 2.35. The first-order valence-corrected chi connectivity index (χ1v) is 10.1. The molecule has 0 saturated heterocycles. The molecule has 2 aromatic rings. The summed E-state index contributed by atoms with van der Waals surface area (Å²) >= 11 is 7.89. The van der Waals surface area contributed by atoms with E-state index in [1.807, 2.05) is 25.1 Å². The smallest absolute Gasteiger partial charge is 0.263 e. The number of benzene rings is 1. The largest absolute Gasteiger partial charge is 0.313 e. The van der Waals surface area contributed by atoms with Gasteiger partial charge in [-0.2, -0.15) is 0 Å². The third-order valence-electron chi connectivity index (χ3n) is 2.67. The van der Waals surface area contributed by atoms with Gasteiger partial charge in [-0.1, -0.05) is 19.1 Å². The summed E-state index contributed by atoms with van der Waals surface area (Å²) in [7, 11) is -3.60. The van der Waals surface area contributed by atoms with Gasteiger partial charge in [-0.05, 0) is 62.2 Å². The average molecular weight is 454 g/mol. The normalized spacial score (nSPS) is 11.6. The summed E-state index contributed by atoms with van der Waals surface area (Å²) in [5, 5.41) is 3.21. The van der Waals surface area contributed by atoms with Crippen LogP contribution >= 0.6 is 43.2 Å². The van der Waals surface area contributed by atoms with Gasteiger partial charge in [-0.15, -0.1) is 11.3 Å². The molecule has 1 aromatic carbocycles. The van der Waals surface area contributed by atoms with Gasteiger partial charge in [-0.25, -0.2) is 8.42 Å². The molecular weight excluding hydrogens is 440 g/mol. The molecule has 0 spiro atoms. The third kappa shape index (κ3) is 4.53. The van der Waals surface area contributed by atoms with E-state index in [1.165, 1.54) is 11.3 Å². The van der Waals surface area contributed by atoms with E-state index >= 15 is 0 Å². The summed E-state index contributed by atoms with van der Waals surface area (Å²) in [5.41, 5.74) is 1.59. The number of rotatable bonds is 6. The van der Waals surface area contributed by atoms with Crippen LogP contribution in [0, 0.1) is 0 Å². The molecule has 1 aromatic heterocycles. The van der Waals surface area contributed by atoms with Crippen molar-refractivity contribution in [2.45, 2.75) is 18.4 Å². The third-order valence-corrected chi connectivity index (χ3v) is 6.81.